The first-order chi connectivity index (χ1) is 8.61. The van der Waals surface area contributed by atoms with Crippen LogP contribution in [0.15, 0.2) is 30.9 Å². The van der Waals surface area contributed by atoms with Crippen molar-refractivity contribution in [3.63, 3.8) is 0 Å². The zero-order valence-electron chi connectivity index (χ0n) is 10.3. The van der Waals surface area contributed by atoms with Gasteiger partial charge in [-0.1, -0.05) is 0 Å². The van der Waals surface area contributed by atoms with Gasteiger partial charge in [0.25, 0.3) is 7.37 Å². The molecule has 2 aromatic heterocycles. The van der Waals surface area contributed by atoms with Crippen molar-refractivity contribution in [3.8, 4) is 10.6 Å². The standard InChI is InChI=1S/C11H15N3O2PS/c1-3-16-17(2,15)9-14-6-4-10(5-7-14)11-12-8-13-18-11/h4-8H,3,9H2,1-2H3/q+1. The highest BCUT2D eigenvalue weighted by molar-refractivity contribution is 7.56. The summed E-state index contributed by atoms with van der Waals surface area (Å²) < 4.78 is 23.1. The molecule has 7 heteroatoms. The number of rotatable bonds is 5. The van der Waals surface area contributed by atoms with Crippen LogP contribution in [0.4, 0.5) is 0 Å². The maximum atomic E-state index is 12.0. The summed E-state index contributed by atoms with van der Waals surface area (Å²) in [7, 11) is -2.55. The van der Waals surface area contributed by atoms with Gasteiger partial charge >= 0.3 is 0 Å². The largest absolute Gasteiger partial charge is 0.325 e. The molecule has 0 bridgehead atoms. The smallest absolute Gasteiger partial charge is 0.263 e. The zero-order valence-corrected chi connectivity index (χ0v) is 12.0. The number of pyridine rings is 1. The quantitative estimate of drug-likeness (QED) is 0.625. The molecule has 0 saturated carbocycles. The van der Waals surface area contributed by atoms with Gasteiger partial charge in [0, 0.05) is 24.4 Å². The van der Waals surface area contributed by atoms with E-state index in [9.17, 15) is 4.57 Å². The molecule has 2 aromatic rings. The molecule has 2 rings (SSSR count). The third kappa shape index (κ3) is 3.45. The summed E-state index contributed by atoms with van der Waals surface area (Å²) in [6, 6.07) is 3.87. The number of hydrogen-bond acceptors (Lipinski definition) is 5. The SMILES string of the molecule is CCOP(C)(=O)C[n+]1ccc(-c2ncns2)cc1. The lowest BCUT2D eigenvalue weighted by Gasteiger charge is -2.08. The van der Waals surface area contributed by atoms with Crippen LogP contribution in [0.1, 0.15) is 6.92 Å². The van der Waals surface area contributed by atoms with Crippen LogP contribution in [0.3, 0.4) is 0 Å². The Labute approximate surface area is 110 Å². The van der Waals surface area contributed by atoms with Crippen molar-refractivity contribution in [1.29, 1.82) is 0 Å². The van der Waals surface area contributed by atoms with Crippen LogP contribution in [0.5, 0.6) is 0 Å². The van der Waals surface area contributed by atoms with E-state index < -0.39 is 7.37 Å². The molecule has 0 spiro atoms. The van der Waals surface area contributed by atoms with Crippen molar-refractivity contribution in [1.82, 2.24) is 9.36 Å². The van der Waals surface area contributed by atoms with Gasteiger partial charge in [0.1, 0.15) is 11.3 Å². The van der Waals surface area contributed by atoms with Crippen molar-refractivity contribution in [2.75, 3.05) is 13.3 Å². The number of aromatic nitrogens is 3. The van der Waals surface area contributed by atoms with Crippen LogP contribution in [-0.4, -0.2) is 22.6 Å². The van der Waals surface area contributed by atoms with Gasteiger partial charge in [0.05, 0.1) is 6.61 Å². The molecular weight excluding hydrogens is 269 g/mol. The van der Waals surface area contributed by atoms with Gasteiger partial charge in [0.15, 0.2) is 12.4 Å². The van der Waals surface area contributed by atoms with Gasteiger partial charge in [0.2, 0.25) is 6.29 Å². The first-order valence-corrected chi connectivity index (χ1v) is 8.61. The highest BCUT2D eigenvalue weighted by Crippen LogP contribution is 2.42. The molecule has 5 nitrogen and oxygen atoms in total. The Hall–Kier alpha value is -1.10. The van der Waals surface area contributed by atoms with Crippen LogP contribution in [0.2, 0.25) is 0 Å². The third-order valence-corrected chi connectivity index (χ3v) is 4.68. The fourth-order valence-electron chi connectivity index (χ4n) is 1.61. The topological polar surface area (TPSA) is 56.0 Å². The predicted octanol–water partition coefficient (Wildman–Crippen LogP) is 2.39. The van der Waals surface area contributed by atoms with E-state index in [0.717, 1.165) is 10.6 Å². The van der Waals surface area contributed by atoms with Crippen molar-refractivity contribution in [2.45, 2.75) is 13.2 Å². The lowest BCUT2D eigenvalue weighted by molar-refractivity contribution is -0.679. The summed E-state index contributed by atoms with van der Waals surface area (Å²) in [5.74, 6) is 0. The summed E-state index contributed by atoms with van der Waals surface area (Å²) in [6.07, 6.45) is 5.69. The molecule has 0 aliphatic heterocycles. The Morgan fingerprint density at radius 1 is 1.44 bits per heavy atom. The first kappa shape index (κ1) is 13.3. The van der Waals surface area contributed by atoms with Crippen LogP contribution < -0.4 is 4.57 Å². The fraction of sp³-hybridized carbons (Fsp3) is 0.364. The lowest BCUT2D eigenvalue weighted by Crippen LogP contribution is -2.32. The van der Waals surface area contributed by atoms with E-state index in [1.54, 1.807) is 6.66 Å². The molecule has 0 aliphatic rings. The molecule has 1 atom stereocenters. The van der Waals surface area contributed by atoms with Gasteiger partial charge in [-0.05, 0) is 18.5 Å². The summed E-state index contributed by atoms with van der Waals surface area (Å²) in [4.78, 5) is 4.14. The Morgan fingerprint density at radius 3 is 2.72 bits per heavy atom. The van der Waals surface area contributed by atoms with E-state index in [-0.39, 0.29) is 0 Å². The maximum Gasteiger partial charge on any atom is 0.263 e. The predicted molar refractivity (Wildman–Crippen MR) is 70.7 cm³/mol. The average Bonchev–Trinajstić information content (AvgIpc) is 2.82. The van der Waals surface area contributed by atoms with E-state index in [1.165, 1.54) is 17.9 Å². The number of nitrogens with zero attached hydrogens (tertiary/aromatic N) is 3. The summed E-state index contributed by atoms with van der Waals surface area (Å²) >= 11 is 1.35. The Morgan fingerprint density at radius 2 is 2.17 bits per heavy atom. The zero-order chi connectivity index (χ0) is 13.0. The van der Waals surface area contributed by atoms with Gasteiger partial charge in [-0.15, -0.1) is 0 Å². The Kier molecular flexibility index (Phi) is 4.22. The molecule has 0 aromatic carbocycles. The molecule has 96 valence electrons. The normalized spacial score (nSPS) is 14.3. The molecule has 0 saturated heterocycles. The Balaban J connectivity index is 2.11. The summed E-state index contributed by atoms with van der Waals surface area (Å²) in [5, 5.41) is 0.881. The number of hydrogen-bond donors (Lipinski definition) is 0. The van der Waals surface area contributed by atoms with Gasteiger partial charge < -0.3 is 4.52 Å². The minimum Gasteiger partial charge on any atom is -0.325 e. The van der Waals surface area contributed by atoms with E-state index in [4.69, 9.17) is 4.52 Å². The van der Waals surface area contributed by atoms with E-state index >= 15 is 0 Å². The first-order valence-electron chi connectivity index (χ1n) is 5.58. The average molecular weight is 284 g/mol. The molecule has 1 unspecified atom stereocenters. The maximum absolute atomic E-state index is 12.0. The molecular formula is C11H15N3O2PS+. The highest BCUT2D eigenvalue weighted by Gasteiger charge is 2.21. The summed E-state index contributed by atoms with van der Waals surface area (Å²) in [6.45, 7) is 3.97. The van der Waals surface area contributed by atoms with Crippen molar-refractivity contribution in [3.05, 3.63) is 30.9 Å². The van der Waals surface area contributed by atoms with Crippen LogP contribution in [0, 0.1) is 0 Å². The molecule has 0 aliphatic carbocycles. The minimum atomic E-state index is -2.55. The highest BCUT2D eigenvalue weighted by atomic mass is 32.1. The van der Waals surface area contributed by atoms with E-state index in [0.29, 0.717) is 12.9 Å². The molecule has 0 amide bonds. The van der Waals surface area contributed by atoms with Crippen molar-refractivity contribution < 1.29 is 13.7 Å². The molecule has 2 heterocycles. The monoisotopic (exact) mass is 284 g/mol. The second-order valence-electron chi connectivity index (χ2n) is 3.92. The second kappa shape index (κ2) is 5.69. The van der Waals surface area contributed by atoms with Crippen molar-refractivity contribution in [2.24, 2.45) is 0 Å². The van der Waals surface area contributed by atoms with Crippen LogP contribution in [-0.2, 0) is 15.4 Å². The van der Waals surface area contributed by atoms with Gasteiger partial charge in [-0.3, -0.25) is 4.57 Å². The molecule has 0 N–H and O–H groups in total. The van der Waals surface area contributed by atoms with Crippen molar-refractivity contribution >= 4 is 18.9 Å². The van der Waals surface area contributed by atoms with E-state index in [1.807, 2.05) is 36.0 Å². The molecule has 0 radical (unpaired) electrons. The third-order valence-electron chi connectivity index (χ3n) is 2.32. The minimum absolute atomic E-state index is 0.386. The van der Waals surface area contributed by atoms with Gasteiger partial charge in [-0.25, -0.2) is 4.98 Å². The summed E-state index contributed by atoms with van der Waals surface area (Å²) in [5.41, 5.74) is 1.01. The molecule has 0 fully saturated rings. The van der Waals surface area contributed by atoms with Gasteiger partial charge in [-0.2, -0.15) is 8.94 Å². The Bertz CT molecular complexity index is 542. The molecule has 18 heavy (non-hydrogen) atoms. The van der Waals surface area contributed by atoms with Crippen LogP contribution >= 0.6 is 18.9 Å². The lowest BCUT2D eigenvalue weighted by atomic mass is 10.3. The van der Waals surface area contributed by atoms with Crippen LogP contribution in [0.25, 0.3) is 10.6 Å². The second-order valence-corrected chi connectivity index (χ2v) is 7.27. The van der Waals surface area contributed by atoms with E-state index in [2.05, 4.69) is 9.36 Å². The fourth-order valence-corrected chi connectivity index (χ4v) is 3.54.